The summed E-state index contributed by atoms with van der Waals surface area (Å²) in [5.41, 5.74) is 3.18. The maximum absolute atomic E-state index is 15.0. The summed E-state index contributed by atoms with van der Waals surface area (Å²) in [7, 11) is 0. The van der Waals surface area contributed by atoms with Gasteiger partial charge in [0.1, 0.15) is 0 Å². The monoisotopic (exact) mass is 444 g/mol. The lowest BCUT2D eigenvalue weighted by atomic mass is 10.0. The molecule has 0 unspecified atom stereocenters. The number of fused-ring (bicyclic) bond motifs is 1. The molecule has 3 rings (SSSR count). The summed E-state index contributed by atoms with van der Waals surface area (Å²) < 4.78 is 21.1. The first-order valence-electron chi connectivity index (χ1n) is 7.74. The largest absolute Gasteiger partial charge is 0.490 e. The Morgan fingerprint density at radius 3 is 2.96 bits per heavy atom. The summed E-state index contributed by atoms with van der Waals surface area (Å²) in [4.78, 5) is 17.3. The van der Waals surface area contributed by atoms with E-state index in [1.54, 1.807) is 24.3 Å². The van der Waals surface area contributed by atoms with E-state index in [0.29, 0.717) is 29.3 Å². The van der Waals surface area contributed by atoms with E-state index in [4.69, 9.17) is 26.3 Å². The van der Waals surface area contributed by atoms with E-state index in [0.717, 1.165) is 4.47 Å². The third-order valence-corrected chi connectivity index (χ3v) is 4.52. The average molecular weight is 446 g/mol. The van der Waals surface area contributed by atoms with Gasteiger partial charge in [-0.1, -0.05) is 27.5 Å². The first kappa shape index (κ1) is 18.9. The van der Waals surface area contributed by atoms with Crippen molar-refractivity contribution in [2.45, 2.75) is 6.42 Å². The Hall–Kier alpha value is -1.87. The van der Waals surface area contributed by atoms with Crippen molar-refractivity contribution in [1.82, 2.24) is 5.48 Å². The fraction of sp³-hybridized carbons (Fsp3) is 0.235. The lowest BCUT2D eigenvalue weighted by Crippen LogP contribution is -2.26. The summed E-state index contributed by atoms with van der Waals surface area (Å²) >= 11 is 9.49. The Balaban J connectivity index is 2.00. The molecular formula is C17H15BrClFN2O4. The number of ether oxygens (including phenoxy) is 1. The second kappa shape index (κ2) is 8.22. The van der Waals surface area contributed by atoms with Crippen LogP contribution >= 0.6 is 27.5 Å². The van der Waals surface area contributed by atoms with Crippen LogP contribution in [0.2, 0.25) is 5.02 Å². The average Bonchev–Trinajstić information content (AvgIpc) is 3.08. The van der Waals surface area contributed by atoms with Crippen molar-refractivity contribution in [1.29, 1.82) is 0 Å². The van der Waals surface area contributed by atoms with Crippen LogP contribution in [0.1, 0.15) is 15.9 Å². The number of hydrogen-bond donors (Lipinski definition) is 3. The molecule has 138 valence electrons. The molecule has 1 aliphatic rings. The van der Waals surface area contributed by atoms with Crippen molar-refractivity contribution in [3.63, 3.8) is 0 Å². The zero-order valence-corrected chi connectivity index (χ0v) is 15.8. The Morgan fingerprint density at radius 2 is 2.23 bits per heavy atom. The highest BCUT2D eigenvalue weighted by Crippen LogP contribution is 2.38. The number of hydrogen-bond acceptors (Lipinski definition) is 5. The topological polar surface area (TPSA) is 79.8 Å². The Bertz CT molecular complexity index is 850. The van der Waals surface area contributed by atoms with Crippen molar-refractivity contribution < 1.29 is 23.9 Å². The lowest BCUT2D eigenvalue weighted by Gasteiger charge is -2.16. The van der Waals surface area contributed by atoms with Crippen LogP contribution < -0.4 is 15.5 Å². The third-order valence-electron chi connectivity index (χ3n) is 3.71. The summed E-state index contributed by atoms with van der Waals surface area (Å²) in [5.74, 6) is -1.21. The first-order chi connectivity index (χ1) is 12.5. The number of amides is 1. The smallest absolute Gasteiger partial charge is 0.277 e. The lowest BCUT2D eigenvalue weighted by molar-refractivity contribution is 0.0168. The Morgan fingerprint density at radius 1 is 1.42 bits per heavy atom. The number of benzene rings is 2. The third kappa shape index (κ3) is 3.93. The molecule has 1 aliphatic heterocycles. The first-order valence-corrected chi connectivity index (χ1v) is 8.91. The summed E-state index contributed by atoms with van der Waals surface area (Å²) in [5, 5.41) is 12.0. The van der Waals surface area contributed by atoms with E-state index in [2.05, 4.69) is 26.7 Å². The highest BCUT2D eigenvalue weighted by Gasteiger charge is 2.26. The fourth-order valence-electron chi connectivity index (χ4n) is 2.53. The van der Waals surface area contributed by atoms with Gasteiger partial charge < -0.3 is 15.2 Å². The number of aliphatic hydroxyl groups excluding tert-OH is 1. The van der Waals surface area contributed by atoms with E-state index in [1.165, 1.54) is 0 Å². The van der Waals surface area contributed by atoms with Gasteiger partial charge in [-0.25, -0.2) is 9.87 Å². The predicted molar refractivity (Wildman–Crippen MR) is 98.5 cm³/mol. The van der Waals surface area contributed by atoms with Crippen molar-refractivity contribution >= 4 is 44.8 Å². The molecule has 0 spiro atoms. The van der Waals surface area contributed by atoms with Gasteiger partial charge in [-0.15, -0.1) is 0 Å². The zero-order valence-electron chi connectivity index (χ0n) is 13.4. The molecule has 3 N–H and O–H groups in total. The van der Waals surface area contributed by atoms with E-state index >= 15 is 0 Å². The summed E-state index contributed by atoms with van der Waals surface area (Å²) in [6.07, 6.45) is 0.503. The van der Waals surface area contributed by atoms with Gasteiger partial charge in [-0.3, -0.25) is 9.63 Å². The molecule has 2 aromatic carbocycles. The predicted octanol–water partition coefficient (Wildman–Crippen LogP) is 3.57. The molecule has 0 fully saturated rings. The molecule has 0 saturated carbocycles. The molecule has 0 bridgehead atoms. The number of carbonyl (C=O) groups is 1. The zero-order chi connectivity index (χ0) is 18.7. The molecular weight excluding hydrogens is 431 g/mol. The van der Waals surface area contributed by atoms with Crippen LogP contribution in [0.25, 0.3) is 0 Å². The summed E-state index contributed by atoms with van der Waals surface area (Å²) in [6.45, 7) is 0.00662. The molecule has 0 radical (unpaired) electrons. The molecule has 6 nitrogen and oxygen atoms in total. The molecule has 0 aromatic heterocycles. The van der Waals surface area contributed by atoms with Crippen LogP contribution in [0, 0.1) is 5.82 Å². The highest BCUT2D eigenvalue weighted by atomic mass is 79.9. The number of nitrogens with one attached hydrogen (secondary N) is 2. The van der Waals surface area contributed by atoms with E-state index in [-0.39, 0.29) is 30.2 Å². The molecule has 0 atom stereocenters. The number of aliphatic hydroxyl groups is 1. The number of carbonyl (C=O) groups excluding carboxylic acids is 1. The van der Waals surface area contributed by atoms with Crippen molar-refractivity contribution in [2.75, 3.05) is 25.1 Å². The maximum atomic E-state index is 15.0. The maximum Gasteiger partial charge on any atom is 0.277 e. The van der Waals surface area contributed by atoms with Gasteiger partial charge in [-0.2, -0.15) is 0 Å². The van der Waals surface area contributed by atoms with E-state index < -0.39 is 11.7 Å². The van der Waals surface area contributed by atoms with Crippen LogP contribution in [-0.2, 0) is 11.3 Å². The fourth-order valence-corrected chi connectivity index (χ4v) is 3.25. The van der Waals surface area contributed by atoms with Gasteiger partial charge in [0.05, 0.1) is 41.8 Å². The minimum Gasteiger partial charge on any atom is -0.490 e. The SMILES string of the molecule is O=C(NOCCO)c1cc2c(c(F)c1Nc1ccc(Br)cc1Cl)OCC2. The van der Waals surface area contributed by atoms with Crippen LogP contribution in [0.15, 0.2) is 28.7 Å². The minimum absolute atomic E-state index is 0.0451. The number of hydroxylamine groups is 1. The summed E-state index contributed by atoms with van der Waals surface area (Å²) in [6, 6.07) is 6.60. The second-order valence-electron chi connectivity index (χ2n) is 5.45. The second-order valence-corrected chi connectivity index (χ2v) is 6.78. The van der Waals surface area contributed by atoms with Crippen LogP contribution in [0.5, 0.6) is 5.75 Å². The Labute approximate surface area is 162 Å². The number of halogens is 3. The van der Waals surface area contributed by atoms with Crippen LogP contribution in [0.3, 0.4) is 0 Å². The molecule has 1 amide bonds. The van der Waals surface area contributed by atoms with Crippen LogP contribution in [0.4, 0.5) is 15.8 Å². The Kier molecular flexibility index (Phi) is 5.98. The molecule has 9 heteroatoms. The van der Waals surface area contributed by atoms with Gasteiger partial charge in [0.2, 0.25) is 0 Å². The van der Waals surface area contributed by atoms with Gasteiger partial charge in [-0.05, 0) is 24.3 Å². The molecule has 0 saturated heterocycles. The van der Waals surface area contributed by atoms with Gasteiger partial charge in [0.15, 0.2) is 11.6 Å². The molecule has 1 heterocycles. The van der Waals surface area contributed by atoms with Crippen molar-refractivity contribution in [2.24, 2.45) is 0 Å². The van der Waals surface area contributed by atoms with Gasteiger partial charge in [0.25, 0.3) is 5.91 Å². The number of rotatable bonds is 6. The number of anilines is 2. The molecule has 0 aliphatic carbocycles. The standard InChI is InChI=1S/C17H15BrClFN2O4/c18-10-1-2-13(12(19)8-10)21-15-11(17(24)22-26-6-4-23)7-9-3-5-25-16(9)14(15)20/h1-2,7-8,21,23H,3-6H2,(H,22,24). The molecule has 2 aromatic rings. The van der Waals surface area contributed by atoms with E-state index in [1.807, 2.05) is 0 Å². The van der Waals surface area contributed by atoms with Crippen molar-refractivity contribution in [3.8, 4) is 5.75 Å². The van der Waals surface area contributed by atoms with Crippen molar-refractivity contribution in [3.05, 3.63) is 50.7 Å². The normalized spacial score (nSPS) is 12.5. The van der Waals surface area contributed by atoms with Gasteiger partial charge >= 0.3 is 0 Å². The van der Waals surface area contributed by atoms with Gasteiger partial charge in [0, 0.05) is 16.5 Å². The van der Waals surface area contributed by atoms with E-state index in [9.17, 15) is 9.18 Å². The minimum atomic E-state index is -0.675. The quantitative estimate of drug-likeness (QED) is 0.468. The van der Waals surface area contributed by atoms with Crippen LogP contribution in [-0.4, -0.2) is 30.8 Å². The molecule has 26 heavy (non-hydrogen) atoms. The highest BCUT2D eigenvalue weighted by molar-refractivity contribution is 9.10.